The van der Waals surface area contributed by atoms with Crippen LogP contribution in [0, 0.1) is 5.95 Å². The highest BCUT2D eigenvalue weighted by Gasteiger charge is 2.05. The summed E-state index contributed by atoms with van der Waals surface area (Å²) >= 11 is 0. The Kier molecular flexibility index (Phi) is 7.80. The Bertz CT molecular complexity index is 395. The first-order valence-electron chi connectivity index (χ1n) is 7.21. The van der Waals surface area contributed by atoms with Gasteiger partial charge in [0, 0.05) is 12.7 Å². The monoisotopic (exact) mass is 280 g/mol. The summed E-state index contributed by atoms with van der Waals surface area (Å²) in [6, 6.07) is 2.63. The van der Waals surface area contributed by atoms with Crippen LogP contribution in [0.1, 0.15) is 43.0 Å². The Morgan fingerprint density at radius 2 is 2.05 bits per heavy atom. The molecule has 0 aliphatic carbocycles. The Morgan fingerprint density at radius 3 is 2.70 bits per heavy atom. The first-order chi connectivity index (χ1) is 9.63. The van der Waals surface area contributed by atoms with Crippen molar-refractivity contribution in [3.63, 3.8) is 0 Å². The van der Waals surface area contributed by atoms with Crippen molar-refractivity contribution >= 4 is 5.91 Å². The number of pyridine rings is 1. The molecule has 1 aromatic rings. The van der Waals surface area contributed by atoms with Gasteiger partial charge in [0.25, 0.3) is 5.91 Å². The van der Waals surface area contributed by atoms with E-state index in [9.17, 15) is 9.18 Å². The predicted octanol–water partition coefficient (Wildman–Crippen LogP) is 2.46. The van der Waals surface area contributed by atoms with Gasteiger partial charge in [-0.2, -0.15) is 4.39 Å². The maximum Gasteiger partial charge on any atom is 0.252 e. The molecule has 1 N–H and O–H groups in total. The van der Waals surface area contributed by atoms with Crippen molar-refractivity contribution in [2.75, 3.05) is 26.7 Å². The zero-order chi connectivity index (χ0) is 14.8. The summed E-state index contributed by atoms with van der Waals surface area (Å²) in [4.78, 5) is 17.5. The molecule has 0 spiro atoms. The molecule has 0 aromatic carbocycles. The van der Waals surface area contributed by atoms with E-state index < -0.39 is 5.95 Å². The summed E-state index contributed by atoms with van der Waals surface area (Å²) in [6.07, 6.45) is 5.69. The van der Waals surface area contributed by atoms with Gasteiger partial charge in [0.1, 0.15) is 0 Å². The van der Waals surface area contributed by atoms with E-state index in [0.717, 1.165) is 25.9 Å². The number of halogens is 1. The number of unbranched alkanes of at least 4 members (excludes halogenated alkanes) is 2. The molecule has 0 aliphatic heterocycles. The molecule has 1 aromatic heterocycles. The minimum Gasteiger partial charge on any atom is -0.352 e. The maximum absolute atomic E-state index is 12.6. The molecule has 0 atom stereocenters. The fourth-order valence-electron chi connectivity index (χ4n) is 1.86. The van der Waals surface area contributed by atoms with Gasteiger partial charge in [-0.15, -0.1) is 0 Å². The molecule has 1 rings (SSSR count). The molecule has 0 aliphatic rings. The fourth-order valence-corrected chi connectivity index (χ4v) is 1.86. The van der Waals surface area contributed by atoms with Crippen molar-refractivity contribution in [1.29, 1.82) is 0 Å². The molecule has 4 nitrogen and oxygen atoms in total. The van der Waals surface area contributed by atoms with Gasteiger partial charge in [-0.05, 0) is 51.5 Å². The highest BCUT2D eigenvalue weighted by Crippen LogP contribution is 1.99. The molecule has 1 amide bonds. The van der Waals surface area contributed by atoms with Gasteiger partial charge in [0.2, 0.25) is 5.95 Å². The highest BCUT2D eigenvalue weighted by molar-refractivity contribution is 5.93. The summed E-state index contributed by atoms with van der Waals surface area (Å²) in [7, 11) is 2.12. The van der Waals surface area contributed by atoms with Gasteiger partial charge >= 0.3 is 0 Å². The van der Waals surface area contributed by atoms with Gasteiger partial charge in [-0.3, -0.25) is 4.79 Å². The van der Waals surface area contributed by atoms with Gasteiger partial charge in [0.15, 0.2) is 0 Å². The first kappa shape index (κ1) is 16.6. The SMILES string of the molecule is CCCCN(C)CCCCNC(=O)c1ccc([18F])nc1. The zero-order valence-corrected chi connectivity index (χ0v) is 12.4. The second-order valence-corrected chi connectivity index (χ2v) is 4.99. The van der Waals surface area contributed by atoms with Crippen LogP contribution >= 0.6 is 0 Å². The molecule has 0 saturated carbocycles. The van der Waals surface area contributed by atoms with Gasteiger partial charge in [-0.1, -0.05) is 13.3 Å². The third-order valence-electron chi connectivity index (χ3n) is 3.14. The summed E-state index contributed by atoms with van der Waals surface area (Å²) in [5.41, 5.74) is 0.395. The van der Waals surface area contributed by atoms with E-state index in [2.05, 4.69) is 29.2 Å². The van der Waals surface area contributed by atoms with Crippen molar-refractivity contribution in [2.45, 2.75) is 32.6 Å². The van der Waals surface area contributed by atoms with Crippen LogP contribution in [-0.4, -0.2) is 42.5 Å². The van der Waals surface area contributed by atoms with E-state index in [1.807, 2.05) is 0 Å². The highest BCUT2D eigenvalue weighted by atomic mass is 18.2. The molecule has 112 valence electrons. The van der Waals surface area contributed by atoms with E-state index in [1.54, 1.807) is 0 Å². The third-order valence-corrected chi connectivity index (χ3v) is 3.14. The number of carbonyl (C=O) groups excluding carboxylic acids is 1. The van der Waals surface area contributed by atoms with Crippen molar-refractivity contribution in [3.8, 4) is 0 Å². The van der Waals surface area contributed by atoms with Crippen LogP contribution in [0.4, 0.5) is 4.39 Å². The number of nitrogens with zero attached hydrogens (tertiary/aromatic N) is 2. The van der Waals surface area contributed by atoms with Crippen LogP contribution in [0.2, 0.25) is 0 Å². The third kappa shape index (κ3) is 6.61. The lowest BCUT2D eigenvalue weighted by molar-refractivity contribution is 0.0952. The standard InChI is InChI=1S/C15H24FN3O/c1-3-4-10-19(2)11-6-5-9-17-15(20)13-7-8-14(16)18-12-13/h7-8,12H,3-6,9-11H2,1-2H3,(H,17,20)/i16-1. The van der Waals surface area contributed by atoms with Gasteiger partial charge in [-0.25, -0.2) is 4.98 Å². The lowest BCUT2D eigenvalue weighted by atomic mass is 10.2. The summed E-state index contributed by atoms with van der Waals surface area (Å²) < 4.78 is 12.6. The Hall–Kier alpha value is -1.49. The Balaban J connectivity index is 2.12. The molecule has 0 radical (unpaired) electrons. The van der Waals surface area contributed by atoms with Gasteiger partial charge in [0.05, 0.1) is 5.56 Å². The van der Waals surface area contributed by atoms with Crippen molar-refractivity contribution in [1.82, 2.24) is 15.2 Å². The second-order valence-electron chi connectivity index (χ2n) is 4.99. The predicted molar refractivity (Wildman–Crippen MR) is 78.2 cm³/mol. The molecule has 1 heterocycles. The average Bonchev–Trinajstić information content (AvgIpc) is 2.45. The number of amides is 1. The number of hydrogen-bond acceptors (Lipinski definition) is 3. The number of nitrogens with one attached hydrogen (secondary N) is 1. The molecular formula is C15H24FN3O. The molecule has 0 unspecified atom stereocenters. The molecular weight excluding hydrogens is 256 g/mol. The van der Waals surface area contributed by atoms with Crippen molar-refractivity contribution in [3.05, 3.63) is 29.8 Å². The number of carbonyl (C=O) groups is 1. The van der Waals surface area contributed by atoms with Crippen LogP contribution in [0.15, 0.2) is 18.3 Å². The van der Waals surface area contributed by atoms with Crippen LogP contribution < -0.4 is 5.32 Å². The molecule has 5 heteroatoms. The minimum absolute atomic E-state index is 0.197. The summed E-state index contributed by atoms with van der Waals surface area (Å²) in [6.45, 7) is 5.00. The zero-order valence-electron chi connectivity index (χ0n) is 12.4. The fraction of sp³-hybridized carbons (Fsp3) is 0.600. The molecule has 20 heavy (non-hydrogen) atoms. The van der Waals surface area contributed by atoms with E-state index in [-0.39, 0.29) is 5.91 Å². The van der Waals surface area contributed by atoms with E-state index in [1.165, 1.54) is 31.2 Å². The molecule has 0 fully saturated rings. The lowest BCUT2D eigenvalue weighted by Gasteiger charge is -2.15. The molecule has 0 saturated heterocycles. The van der Waals surface area contributed by atoms with Crippen LogP contribution in [-0.2, 0) is 0 Å². The van der Waals surface area contributed by atoms with Crippen LogP contribution in [0.25, 0.3) is 0 Å². The van der Waals surface area contributed by atoms with Crippen molar-refractivity contribution in [2.24, 2.45) is 0 Å². The minimum atomic E-state index is -0.573. The summed E-state index contributed by atoms with van der Waals surface area (Å²) in [5.74, 6) is -0.770. The smallest absolute Gasteiger partial charge is 0.252 e. The lowest BCUT2D eigenvalue weighted by Crippen LogP contribution is -2.26. The van der Waals surface area contributed by atoms with E-state index in [0.29, 0.717) is 12.1 Å². The Morgan fingerprint density at radius 1 is 1.30 bits per heavy atom. The first-order valence-corrected chi connectivity index (χ1v) is 7.21. The second kappa shape index (κ2) is 9.42. The van der Waals surface area contributed by atoms with E-state index in [4.69, 9.17) is 0 Å². The van der Waals surface area contributed by atoms with E-state index >= 15 is 0 Å². The van der Waals surface area contributed by atoms with Crippen molar-refractivity contribution < 1.29 is 9.18 Å². The topological polar surface area (TPSA) is 45.2 Å². The van der Waals surface area contributed by atoms with Crippen LogP contribution in [0.5, 0.6) is 0 Å². The van der Waals surface area contributed by atoms with Crippen LogP contribution in [0.3, 0.4) is 0 Å². The maximum atomic E-state index is 12.6. The number of rotatable bonds is 9. The Labute approximate surface area is 120 Å². The normalized spacial score (nSPS) is 10.8. The average molecular weight is 280 g/mol. The number of hydrogen-bond donors (Lipinski definition) is 1. The molecule has 0 bridgehead atoms. The number of aromatic nitrogens is 1. The summed E-state index contributed by atoms with van der Waals surface area (Å²) in [5, 5.41) is 2.82. The van der Waals surface area contributed by atoms with Gasteiger partial charge < -0.3 is 10.2 Å². The quantitative estimate of drug-likeness (QED) is 0.558. The largest absolute Gasteiger partial charge is 0.352 e.